The molecule has 0 radical (unpaired) electrons. The lowest BCUT2D eigenvalue weighted by Crippen LogP contribution is -2.16. The fourth-order valence-electron chi connectivity index (χ4n) is 1.38. The maximum Gasteiger partial charge on any atom is 0.305 e. The Kier molecular flexibility index (Phi) is 4.49. The molecule has 5 heteroatoms. The van der Waals surface area contributed by atoms with Gasteiger partial charge in [-0.05, 0) is 31.4 Å². The summed E-state index contributed by atoms with van der Waals surface area (Å²) in [5, 5.41) is 9.10. The SMILES string of the molecule is COc1cc(BO)cc(OC)c1OC(C)C. The van der Waals surface area contributed by atoms with Crippen molar-refractivity contribution in [1.82, 2.24) is 0 Å². The van der Waals surface area contributed by atoms with Gasteiger partial charge in [-0.15, -0.1) is 0 Å². The zero-order valence-electron chi connectivity index (χ0n) is 10.1. The van der Waals surface area contributed by atoms with E-state index in [-0.39, 0.29) is 13.6 Å². The number of hydrogen-bond acceptors (Lipinski definition) is 4. The number of methoxy groups -OCH3 is 2. The van der Waals surface area contributed by atoms with E-state index in [1.807, 2.05) is 13.8 Å². The Bertz CT molecular complexity index is 327. The van der Waals surface area contributed by atoms with Crippen molar-refractivity contribution in [2.45, 2.75) is 20.0 Å². The molecule has 88 valence electrons. The van der Waals surface area contributed by atoms with Crippen molar-refractivity contribution in [1.29, 1.82) is 0 Å². The molecule has 0 unspecified atom stereocenters. The van der Waals surface area contributed by atoms with Crippen LogP contribution in [0.5, 0.6) is 17.2 Å². The third kappa shape index (κ3) is 2.82. The molecule has 0 saturated heterocycles. The Labute approximate surface area is 96.4 Å². The first-order chi connectivity index (χ1) is 7.62. The van der Waals surface area contributed by atoms with E-state index in [2.05, 4.69) is 0 Å². The second kappa shape index (κ2) is 5.65. The van der Waals surface area contributed by atoms with Crippen LogP contribution in [0.4, 0.5) is 0 Å². The predicted molar refractivity (Wildman–Crippen MR) is 64.3 cm³/mol. The van der Waals surface area contributed by atoms with Crippen molar-refractivity contribution >= 4 is 12.9 Å². The predicted octanol–water partition coefficient (Wildman–Crippen LogP) is 0.460. The molecule has 0 spiro atoms. The highest BCUT2D eigenvalue weighted by Gasteiger charge is 2.15. The van der Waals surface area contributed by atoms with Crippen LogP contribution in [0, 0.1) is 0 Å². The molecule has 0 fully saturated rings. The molecule has 0 aromatic heterocycles. The third-order valence-corrected chi connectivity index (χ3v) is 2.06. The first kappa shape index (κ1) is 12.7. The van der Waals surface area contributed by atoms with Gasteiger partial charge < -0.3 is 19.2 Å². The Balaban J connectivity index is 3.20. The summed E-state index contributed by atoms with van der Waals surface area (Å²) in [6.07, 6.45) is 0.0303. The first-order valence-electron chi connectivity index (χ1n) is 5.14. The molecule has 0 bridgehead atoms. The van der Waals surface area contributed by atoms with Gasteiger partial charge in [-0.3, -0.25) is 0 Å². The summed E-state index contributed by atoms with van der Waals surface area (Å²) in [5.41, 5.74) is 0.727. The molecule has 0 saturated carbocycles. The average molecular weight is 224 g/mol. The van der Waals surface area contributed by atoms with Gasteiger partial charge in [0.1, 0.15) is 0 Å². The normalized spacial score (nSPS) is 10.1. The topological polar surface area (TPSA) is 47.9 Å². The van der Waals surface area contributed by atoms with Crippen LogP contribution < -0.4 is 19.7 Å². The Morgan fingerprint density at radius 2 is 1.62 bits per heavy atom. The van der Waals surface area contributed by atoms with Crippen LogP contribution in [-0.4, -0.2) is 32.8 Å². The van der Waals surface area contributed by atoms with Crippen molar-refractivity contribution < 1.29 is 19.2 Å². The quantitative estimate of drug-likeness (QED) is 0.738. The number of rotatable bonds is 5. The van der Waals surface area contributed by atoms with Crippen LogP contribution in [-0.2, 0) is 0 Å². The Morgan fingerprint density at radius 3 is 1.94 bits per heavy atom. The standard InChI is InChI=1S/C11H17BO4/c1-7(2)16-11-9(14-3)5-8(12-13)6-10(11)15-4/h5-7,12-13H,1-4H3. The minimum Gasteiger partial charge on any atom is -0.493 e. The largest absolute Gasteiger partial charge is 0.493 e. The zero-order chi connectivity index (χ0) is 12.1. The summed E-state index contributed by atoms with van der Waals surface area (Å²) >= 11 is 0. The van der Waals surface area contributed by atoms with E-state index in [0.717, 1.165) is 5.46 Å². The lowest BCUT2D eigenvalue weighted by atomic mass is 9.88. The summed E-state index contributed by atoms with van der Waals surface area (Å²) in [6.45, 7) is 3.86. The first-order valence-corrected chi connectivity index (χ1v) is 5.14. The van der Waals surface area contributed by atoms with E-state index in [4.69, 9.17) is 19.2 Å². The molecule has 0 aliphatic heterocycles. The highest BCUT2D eigenvalue weighted by Crippen LogP contribution is 2.36. The van der Waals surface area contributed by atoms with Crippen molar-refractivity contribution in [2.75, 3.05) is 14.2 Å². The number of ether oxygens (including phenoxy) is 3. The Morgan fingerprint density at radius 1 is 1.12 bits per heavy atom. The van der Waals surface area contributed by atoms with Crippen molar-refractivity contribution in [3.05, 3.63) is 12.1 Å². The van der Waals surface area contributed by atoms with Crippen molar-refractivity contribution in [2.24, 2.45) is 0 Å². The molecule has 0 aliphatic carbocycles. The van der Waals surface area contributed by atoms with E-state index in [9.17, 15) is 0 Å². The van der Waals surface area contributed by atoms with Crippen LogP contribution in [0.15, 0.2) is 12.1 Å². The zero-order valence-corrected chi connectivity index (χ0v) is 10.1. The van der Waals surface area contributed by atoms with Crippen molar-refractivity contribution in [3.8, 4) is 17.2 Å². The lowest BCUT2D eigenvalue weighted by molar-refractivity contribution is 0.218. The molecule has 0 heterocycles. The summed E-state index contributed by atoms with van der Waals surface area (Å²) in [4.78, 5) is 0. The average Bonchev–Trinajstić information content (AvgIpc) is 2.28. The highest BCUT2D eigenvalue weighted by atomic mass is 16.5. The number of benzene rings is 1. The smallest absolute Gasteiger partial charge is 0.305 e. The maximum atomic E-state index is 9.10. The molecule has 1 rings (SSSR count). The molecule has 0 aliphatic rings. The van der Waals surface area contributed by atoms with Gasteiger partial charge in [-0.2, -0.15) is 0 Å². The van der Waals surface area contributed by atoms with Crippen LogP contribution in [0.25, 0.3) is 0 Å². The minimum absolute atomic E-state index is 0.0303. The number of hydrogen-bond donors (Lipinski definition) is 1. The van der Waals surface area contributed by atoms with E-state index in [1.165, 1.54) is 0 Å². The van der Waals surface area contributed by atoms with Gasteiger partial charge >= 0.3 is 7.48 Å². The molecule has 1 aromatic rings. The second-order valence-corrected chi connectivity index (χ2v) is 3.65. The fraction of sp³-hybridized carbons (Fsp3) is 0.455. The highest BCUT2D eigenvalue weighted by molar-refractivity contribution is 6.45. The molecule has 1 N–H and O–H groups in total. The lowest BCUT2D eigenvalue weighted by Gasteiger charge is -2.17. The summed E-state index contributed by atoms with van der Waals surface area (Å²) in [7, 11) is 3.06. The van der Waals surface area contributed by atoms with Gasteiger partial charge in [0, 0.05) is 0 Å². The summed E-state index contributed by atoms with van der Waals surface area (Å²) < 4.78 is 16.1. The maximum absolute atomic E-state index is 9.10. The van der Waals surface area contributed by atoms with Crippen LogP contribution >= 0.6 is 0 Å². The van der Waals surface area contributed by atoms with Gasteiger partial charge in [-0.1, -0.05) is 0 Å². The summed E-state index contributed by atoms with van der Waals surface area (Å²) in [5.74, 6) is 1.70. The third-order valence-electron chi connectivity index (χ3n) is 2.06. The van der Waals surface area contributed by atoms with Crippen molar-refractivity contribution in [3.63, 3.8) is 0 Å². The monoisotopic (exact) mass is 224 g/mol. The molecule has 0 atom stereocenters. The van der Waals surface area contributed by atoms with Crippen LogP contribution in [0.2, 0.25) is 0 Å². The van der Waals surface area contributed by atoms with Gasteiger partial charge in [0.15, 0.2) is 11.5 Å². The van der Waals surface area contributed by atoms with Gasteiger partial charge in [-0.25, -0.2) is 0 Å². The minimum atomic E-state index is -0.0608. The molecule has 0 amide bonds. The second-order valence-electron chi connectivity index (χ2n) is 3.65. The molecule has 1 aromatic carbocycles. The van der Waals surface area contributed by atoms with Crippen LogP contribution in [0.1, 0.15) is 13.8 Å². The summed E-state index contributed by atoms with van der Waals surface area (Å²) in [6, 6.07) is 3.47. The van der Waals surface area contributed by atoms with E-state index >= 15 is 0 Å². The Hall–Kier alpha value is -1.36. The van der Waals surface area contributed by atoms with E-state index in [1.54, 1.807) is 26.4 Å². The molecule has 16 heavy (non-hydrogen) atoms. The molecular weight excluding hydrogens is 207 g/mol. The van der Waals surface area contributed by atoms with Gasteiger partial charge in [0.05, 0.1) is 20.3 Å². The molecule has 4 nitrogen and oxygen atoms in total. The molecular formula is C11H17BO4. The van der Waals surface area contributed by atoms with Crippen LogP contribution in [0.3, 0.4) is 0 Å². The van der Waals surface area contributed by atoms with Gasteiger partial charge in [0.2, 0.25) is 5.75 Å². The van der Waals surface area contributed by atoms with E-state index < -0.39 is 0 Å². The van der Waals surface area contributed by atoms with E-state index in [0.29, 0.717) is 17.2 Å². The van der Waals surface area contributed by atoms with Gasteiger partial charge in [0.25, 0.3) is 0 Å². The fourth-order valence-corrected chi connectivity index (χ4v) is 1.38.